The molecule has 0 N–H and O–H groups in total. The highest BCUT2D eigenvalue weighted by atomic mass is 35.5. The van der Waals surface area contributed by atoms with E-state index in [4.69, 9.17) is 27.9 Å². The molecule has 0 amide bonds. The van der Waals surface area contributed by atoms with Gasteiger partial charge in [-0.3, -0.25) is 4.79 Å². The molecular weight excluding hydrogens is 397 g/mol. The predicted octanol–water partition coefficient (Wildman–Crippen LogP) is 5.47. The first-order chi connectivity index (χ1) is 13.4. The van der Waals surface area contributed by atoms with E-state index in [2.05, 4.69) is 10.1 Å². The lowest BCUT2D eigenvalue weighted by molar-refractivity contribution is 0.448. The van der Waals surface area contributed by atoms with Crippen molar-refractivity contribution in [2.45, 2.75) is 13.8 Å². The molecule has 0 spiro atoms. The third-order valence-corrected chi connectivity index (χ3v) is 4.98. The Bertz CT molecular complexity index is 1250. The molecule has 0 aliphatic carbocycles. The fourth-order valence-corrected chi connectivity index (χ4v) is 3.63. The first kappa shape index (κ1) is 18.5. The van der Waals surface area contributed by atoms with Gasteiger partial charge < -0.3 is 4.74 Å². The maximum atomic E-state index is 12.5. The molecule has 2 heterocycles. The molecule has 4 aromatic rings. The molecule has 0 saturated heterocycles. The van der Waals surface area contributed by atoms with Gasteiger partial charge in [-0.2, -0.15) is 4.98 Å². The molecule has 28 heavy (non-hydrogen) atoms. The van der Waals surface area contributed by atoms with Gasteiger partial charge in [0.1, 0.15) is 12.1 Å². The maximum absolute atomic E-state index is 12.5. The molecule has 0 aliphatic heterocycles. The average Bonchev–Trinajstić information content (AvgIpc) is 2.65. The zero-order valence-corrected chi connectivity index (χ0v) is 16.6. The smallest absolute Gasteiger partial charge is 0.281 e. The van der Waals surface area contributed by atoms with Gasteiger partial charge in [0.15, 0.2) is 0 Å². The molecule has 0 bridgehead atoms. The van der Waals surface area contributed by atoms with Gasteiger partial charge in [0.2, 0.25) is 5.88 Å². The van der Waals surface area contributed by atoms with Crippen molar-refractivity contribution >= 4 is 28.7 Å². The van der Waals surface area contributed by atoms with Crippen molar-refractivity contribution in [3.8, 4) is 22.8 Å². The van der Waals surface area contributed by atoms with Crippen molar-refractivity contribution in [3.05, 3.63) is 86.4 Å². The number of halogens is 2. The molecule has 0 fully saturated rings. The van der Waals surface area contributed by atoms with Gasteiger partial charge in [0, 0.05) is 11.6 Å². The van der Waals surface area contributed by atoms with Crippen LogP contribution >= 0.6 is 23.2 Å². The molecule has 2 aromatic heterocycles. The van der Waals surface area contributed by atoms with E-state index in [1.807, 2.05) is 32.0 Å². The Morgan fingerprint density at radius 3 is 2.43 bits per heavy atom. The van der Waals surface area contributed by atoms with Crippen LogP contribution in [0.1, 0.15) is 11.1 Å². The number of nitrogens with zero attached hydrogens (tertiary/aromatic N) is 3. The summed E-state index contributed by atoms with van der Waals surface area (Å²) < 4.78 is 7.39. The molecule has 140 valence electrons. The van der Waals surface area contributed by atoms with Gasteiger partial charge in [0.25, 0.3) is 5.56 Å². The van der Waals surface area contributed by atoms with Gasteiger partial charge in [-0.1, -0.05) is 47.0 Å². The minimum Gasteiger partial charge on any atom is -0.437 e. The molecule has 7 heteroatoms. The standard InChI is InChI=1S/C21H15Cl2N3O2/c1-12-6-8-17(13(2)10-12)28-18-9-7-16-20(21(27)24-11-26(16)25-18)19-14(22)4-3-5-15(19)23/h3-11H,1-2H3. The largest absolute Gasteiger partial charge is 0.437 e. The first-order valence-electron chi connectivity index (χ1n) is 8.52. The van der Waals surface area contributed by atoms with Crippen LogP contribution in [-0.2, 0) is 0 Å². The highest BCUT2D eigenvalue weighted by molar-refractivity contribution is 6.39. The first-order valence-corrected chi connectivity index (χ1v) is 9.28. The Kier molecular flexibility index (Phi) is 4.79. The van der Waals surface area contributed by atoms with E-state index in [0.29, 0.717) is 38.3 Å². The molecule has 5 nitrogen and oxygen atoms in total. The summed E-state index contributed by atoms with van der Waals surface area (Å²) in [6.45, 7) is 3.99. The van der Waals surface area contributed by atoms with Crippen molar-refractivity contribution in [1.82, 2.24) is 14.6 Å². The molecule has 0 saturated carbocycles. The molecule has 4 rings (SSSR count). The SMILES string of the molecule is Cc1ccc(Oc2ccc3c(-c4c(Cl)cccc4Cl)c(=O)ncn3n2)c(C)c1. The number of fused-ring (bicyclic) bond motifs is 1. The van der Waals surface area contributed by atoms with Crippen LogP contribution in [0.4, 0.5) is 0 Å². The van der Waals surface area contributed by atoms with Gasteiger partial charge in [-0.05, 0) is 43.7 Å². The second-order valence-corrected chi connectivity index (χ2v) is 7.21. The number of rotatable bonds is 3. The Labute approximate surface area is 171 Å². The van der Waals surface area contributed by atoms with Crippen LogP contribution in [0.2, 0.25) is 10.0 Å². The van der Waals surface area contributed by atoms with E-state index in [1.54, 1.807) is 30.3 Å². The van der Waals surface area contributed by atoms with Crippen LogP contribution in [0.3, 0.4) is 0 Å². The van der Waals surface area contributed by atoms with Crippen LogP contribution < -0.4 is 10.3 Å². The maximum Gasteiger partial charge on any atom is 0.281 e. The fourth-order valence-electron chi connectivity index (χ4n) is 3.04. The van der Waals surface area contributed by atoms with Gasteiger partial charge >= 0.3 is 0 Å². The van der Waals surface area contributed by atoms with Crippen molar-refractivity contribution in [3.63, 3.8) is 0 Å². The van der Waals surface area contributed by atoms with Crippen molar-refractivity contribution in [2.75, 3.05) is 0 Å². The lowest BCUT2D eigenvalue weighted by atomic mass is 10.1. The van der Waals surface area contributed by atoms with E-state index in [9.17, 15) is 4.79 Å². The van der Waals surface area contributed by atoms with E-state index in [1.165, 1.54) is 10.8 Å². The quantitative estimate of drug-likeness (QED) is 0.448. The van der Waals surface area contributed by atoms with Crippen molar-refractivity contribution < 1.29 is 4.74 Å². The third-order valence-electron chi connectivity index (χ3n) is 4.35. The fraction of sp³-hybridized carbons (Fsp3) is 0.0952. The lowest BCUT2D eigenvalue weighted by Gasteiger charge is -2.12. The molecular formula is C21H15Cl2N3O2. The van der Waals surface area contributed by atoms with Crippen LogP contribution in [0.25, 0.3) is 16.6 Å². The van der Waals surface area contributed by atoms with Crippen molar-refractivity contribution in [2.24, 2.45) is 0 Å². The Morgan fingerprint density at radius 1 is 0.964 bits per heavy atom. The van der Waals surface area contributed by atoms with E-state index in [-0.39, 0.29) is 0 Å². The number of hydrogen-bond donors (Lipinski definition) is 0. The highest BCUT2D eigenvalue weighted by Crippen LogP contribution is 2.35. The van der Waals surface area contributed by atoms with E-state index < -0.39 is 5.56 Å². The van der Waals surface area contributed by atoms with Crippen LogP contribution in [0.5, 0.6) is 11.6 Å². The zero-order chi connectivity index (χ0) is 19.8. The number of aryl methyl sites for hydroxylation is 2. The number of aromatic nitrogens is 3. The summed E-state index contributed by atoms with van der Waals surface area (Å²) in [6, 6.07) is 14.4. The normalized spacial score (nSPS) is 11.0. The van der Waals surface area contributed by atoms with Crippen LogP contribution in [-0.4, -0.2) is 14.6 Å². The Hall–Kier alpha value is -2.89. The summed E-state index contributed by atoms with van der Waals surface area (Å²) in [5, 5.41) is 5.17. The zero-order valence-electron chi connectivity index (χ0n) is 15.1. The highest BCUT2D eigenvalue weighted by Gasteiger charge is 2.17. The third kappa shape index (κ3) is 3.35. The summed E-state index contributed by atoms with van der Waals surface area (Å²) in [6.07, 6.45) is 1.35. The summed E-state index contributed by atoms with van der Waals surface area (Å²) in [5.41, 5.74) is 2.99. The lowest BCUT2D eigenvalue weighted by Crippen LogP contribution is -2.14. The monoisotopic (exact) mass is 411 g/mol. The van der Waals surface area contributed by atoms with Gasteiger partial charge in [-0.25, -0.2) is 4.52 Å². The number of benzene rings is 2. The van der Waals surface area contributed by atoms with Crippen molar-refractivity contribution in [1.29, 1.82) is 0 Å². The van der Waals surface area contributed by atoms with E-state index >= 15 is 0 Å². The molecule has 0 radical (unpaired) electrons. The number of hydrogen-bond acceptors (Lipinski definition) is 4. The number of ether oxygens (including phenoxy) is 1. The topological polar surface area (TPSA) is 56.5 Å². The average molecular weight is 412 g/mol. The Morgan fingerprint density at radius 2 is 1.71 bits per heavy atom. The van der Waals surface area contributed by atoms with Crippen LogP contribution in [0.15, 0.2) is 59.7 Å². The summed E-state index contributed by atoms with van der Waals surface area (Å²) >= 11 is 12.6. The predicted molar refractivity (Wildman–Crippen MR) is 111 cm³/mol. The summed E-state index contributed by atoms with van der Waals surface area (Å²) in [7, 11) is 0. The Balaban J connectivity index is 1.84. The second kappa shape index (κ2) is 7.26. The minimum atomic E-state index is -0.431. The van der Waals surface area contributed by atoms with Gasteiger partial charge in [0.05, 0.1) is 21.1 Å². The van der Waals surface area contributed by atoms with E-state index in [0.717, 1.165) is 11.1 Å². The molecule has 0 unspecified atom stereocenters. The second-order valence-electron chi connectivity index (χ2n) is 6.39. The molecule has 2 aromatic carbocycles. The van der Waals surface area contributed by atoms with Crippen LogP contribution in [0, 0.1) is 13.8 Å². The summed E-state index contributed by atoms with van der Waals surface area (Å²) in [5.74, 6) is 1.09. The van der Waals surface area contributed by atoms with Gasteiger partial charge in [-0.15, -0.1) is 5.10 Å². The minimum absolute atomic E-state index is 0.295. The molecule has 0 atom stereocenters. The molecule has 0 aliphatic rings. The summed E-state index contributed by atoms with van der Waals surface area (Å²) in [4.78, 5) is 16.4.